The predicted molar refractivity (Wildman–Crippen MR) is 94.2 cm³/mol. The maximum Gasteiger partial charge on any atom is 0.243 e. The van der Waals surface area contributed by atoms with E-state index in [4.69, 9.17) is 9.47 Å². The smallest absolute Gasteiger partial charge is 0.243 e. The molecule has 2 rings (SSSR count). The molecular formula is C17H24N2O5S. The Balaban J connectivity index is 2.21. The Morgan fingerprint density at radius 1 is 1.36 bits per heavy atom. The van der Waals surface area contributed by atoms with Gasteiger partial charge >= 0.3 is 0 Å². The van der Waals surface area contributed by atoms with E-state index in [0.29, 0.717) is 37.4 Å². The van der Waals surface area contributed by atoms with Gasteiger partial charge < -0.3 is 14.8 Å². The van der Waals surface area contributed by atoms with Crippen LogP contribution in [0.4, 0.5) is 0 Å². The highest BCUT2D eigenvalue weighted by Crippen LogP contribution is 2.32. The summed E-state index contributed by atoms with van der Waals surface area (Å²) < 4.78 is 37.5. The van der Waals surface area contributed by atoms with Gasteiger partial charge in [-0.3, -0.25) is 4.79 Å². The van der Waals surface area contributed by atoms with E-state index in [1.165, 1.54) is 30.7 Å². The molecule has 1 saturated heterocycles. The molecule has 0 saturated carbocycles. The van der Waals surface area contributed by atoms with Crippen molar-refractivity contribution in [3.8, 4) is 11.5 Å². The second-order valence-electron chi connectivity index (χ2n) is 5.75. The van der Waals surface area contributed by atoms with Crippen LogP contribution in [0.3, 0.4) is 0 Å². The molecule has 1 aromatic rings. The zero-order chi connectivity index (χ0) is 18.4. The summed E-state index contributed by atoms with van der Waals surface area (Å²) in [4.78, 5) is 12.3. The van der Waals surface area contributed by atoms with Crippen LogP contribution < -0.4 is 14.8 Å². The number of rotatable bonds is 7. The van der Waals surface area contributed by atoms with Crippen LogP contribution in [0.5, 0.6) is 11.5 Å². The number of hydrogen-bond acceptors (Lipinski definition) is 5. The summed E-state index contributed by atoms with van der Waals surface area (Å²) in [7, 11) is -0.766. The zero-order valence-electron chi connectivity index (χ0n) is 14.5. The van der Waals surface area contributed by atoms with E-state index in [1.807, 2.05) is 0 Å². The van der Waals surface area contributed by atoms with Gasteiger partial charge in [-0.1, -0.05) is 6.08 Å². The summed E-state index contributed by atoms with van der Waals surface area (Å²) in [6.07, 6.45) is 2.90. The Morgan fingerprint density at radius 3 is 2.72 bits per heavy atom. The summed E-state index contributed by atoms with van der Waals surface area (Å²) >= 11 is 0. The molecule has 7 nitrogen and oxygen atoms in total. The average Bonchev–Trinajstić information content (AvgIpc) is 2.65. The Morgan fingerprint density at radius 2 is 2.08 bits per heavy atom. The highest BCUT2D eigenvalue weighted by atomic mass is 32.2. The van der Waals surface area contributed by atoms with E-state index >= 15 is 0 Å². The van der Waals surface area contributed by atoms with Gasteiger partial charge in [0, 0.05) is 25.7 Å². The normalized spacial score (nSPS) is 18.4. The van der Waals surface area contributed by atoms with Crippen molar-refractivity contribution in [2.45, 2.75) is 17.7 Å². The number of nitrogens with one attached hydrogen (secondary N) is 1. The third-order valence-electron chi connectivity index (χ3n) is 4.17. The van der Waals surface area contributed by atoms with Crippen LogP contribution in [0, 0.1) is 5.92 Å². The average molecular weight is 368 g/mol. The number of carbonyl (C=O) groups excluding carboxylic acids is 1. The van der Waals surface area contributed by atoms with Gasteiger partial charge in [-0.05, 0) is 25.0 Å². The Bertz CT molecular complexity index is 733. The third-order valence-corrected chi connectivity index (χ3v) is 6.03. The molecule has 0 bridgehead atoms. The number of hydrogen-bond donors (Lipinski definition) is 1. The summed E-state index contributed by atoms with van der Waals surface area (Å²) in [5.74, 6) is 0.304. The van der Waals surface area contributed by atoms with E-state index in [-0.39, 0.29) is 23.3 Å². The molecular weight excluding hydrogens is 344 g/mol. The largest absolute Gasteiger partial charge is 0.493 e. The lowest BCUT2D eigenvalue weighted by Gasteiger charge is -2.31. The Labute approximate surface area is 148 Å². The third kappa shape index (κ3) is 4.32. The predicted octanol–water partition coefficient (Wildman–Crippen LogP) is 1.41. The fraction of sp³-hybridized carbons (Fsp3) is 0.471. The molecule has 25 heavy (non-hydrogen) atoms. The molecule has 1 aliphatic rings. The maximum atomic E-state index is 12.9. The molecule has 1 amide bonds. The van der Waals surface area contributed by atoms with Crippen molar-refractivity contribution in [2.24, 2.45) is 5.92 Å². The van der Waals surface area contributed by atoms with Crippen molar-refractivity contribution >= 4 is 15.9 Å². The summed E-state index contributed by atoms with van der Waals surface area (Å²) in [6, 6.07) is 4.48. The van der Waals surface area contributed by atoms with E-state index in [9.17, 15) is 13.2 Å². The molecule has 0 spiro atoms. The Hall–Kier alpha value is -2.06. The first-order chi connectivity index (χ1) is 11.9. The number of ether oxygens (including phenoxy) is 2. The number of methoxy groups -OCH3 is 2. The summed E-state index contributed by atoms with van der Waals surface area (Å²) in [5.41, 5.74) is 0. The Kier molecular flexibility index (Phi) is 6.44. The van der Waals surface area contributed by atoms with Gasteiger partial charge in [-0.15, -0.1) is 6.58 Å². The van der Waals surface area contributed by atoms with Crippen molar-refractivity contribution < 1.29 is 22.7 Å². The number of piperidine rings is 1. The van der Waals surface area contributed by atoms with Crippen molar-refractivity contribution in [3.05, 3.63) is 30.9 Å². The fourth-order valence-electron chi connectivity index (χ4n) is 2.82. The van der Waals surface area contributed by atoms with Crippen LogP contribution in [0.1, 0.15) is 12.8 Å². The molecule has 1 atom stereocenters. The molecule has 0 unspecified atom stereocenters. The lowest BCUT2D eigenvalue weighted by Crippen LogP contribution is -2.45. The number of amides is 1. The van der Waals surface area contributed by atoms with Crippen LogP contribution in [0.2, 0.25) is 0 Å². The first kappa shape index (κ1) is 19.3. The molecule has 1 heterocycles. The molecule has 0 aliphatic carbocycles. The first-order valence-corrected chi connectivity index (χ1v) is 9.48. The molecule has 8 heteroatoms. The van der Waals surface area contributed by atoms with Gasteiger partial charge in [-0.25, -0.2) is 8.42 Å². The second-order valence-corrected chi connectivity index (χ2v) is 7.69. The first-order valence-electron chi connectivity index (χ1n) is 8.04. The topological polar surface area (TPSA) is 84.9 Å². The molecule has 1 fully saturated rings. The van der Waals surface area contributed by atoms with Gasteiger partial charge in [0.15, 0.2) is 11.5 Å². The van der Waals surface area contributed by atoms with Crippen molar-refractivity contribution in [2.75, 3.05) is 33.9 Å². The summed E-state index contributed by atoms with van der Waals surface area (Å²) in [5, 5.41) is 2.73. The number of sulfonamides is 1. The van der Waals surface area contributed by atoms with E-state index < -0.39 is 10.0 Å². The standard InChI is InChI=1S/C17H24N2O5S/c1-4-9-18-17(20)13-6-5-10-19(12-13)25(21,22)14-7-8-15(23-2)16(11-14)24-3/h4,7-8,11,13H,1,5-6,9-10,12H2,2-3H3,(H,18,20)/t13-/m0/s1. The van der Waals surface area contributed by atoms with Crippen LogP contribution >= 0.6 is 0 Å². The van der Waals surface area contributed by atoms with E-state index in [1.54, 1.807) is 12.1 Å². The quantitative estimate of drug-likeness (QED) is 0.736. The number of benzene rings is 1. The summed E-state index contributed by atoms with van der Waals surface area (Å²) in [6.45, 7) is 4.49. The molecule has 1 aliphatic heterocycles. The lowest BCUT2D eigenvalue weighted by atomic mass is 9.99. The minimum Gasteiger partial charge on any atom is -0.493 e. The fourth-order valence-corrected chi connectivity index (χ4v) is 4.36. The molecule has 0 aromatic heterocycles. The van der Waals surface area contributed by atoms with Gasteiger partial charge in [0.05, 0.1) is 25.0 Å². The maximum absolute atomic E-state index is 12.9. The molecule has 0 radical (unpaired) electrons. The molecule has 1 N–H and O–H groups in total. The molecule has 1 aromatic carbocycles. The second kappa shape index (κ2) is 8.35. The van der Waals surface area contributed by atoms with Crippen LogP contribution in [0.15, 0.2) is 35.7 Å². The minimum absolute atomic E-state index is 0.122. The number of nitrogens with zero attached hydrogens (tertiary/aromatic N) is 1. The number of carbonyl (C=O) groups is 1. The zero-order valence-corrected chi connectivity index (χ0v) is 15.3. The SMILES string of the molecule is C=CCNC(=O)[C@H]1CCCN(S(=O)(=O)c2ccc(OC)c(OC)c2)C1. The van der Waals surface area contributed by atoms with E-state index in [2.05, 4.69) is 11.9 Å². The van der Waals surface area contributed by atoms with Crippen molar-refractivity contribution in [3.63, 3.8) is 0 Å². The van der Waals surface area contributed by atoms with E-state index in [0.717, 1.165) is 0 Å². The van der Waals surface area contributed by atoms with Gasteiger partial charge in [0.1, 0.15) is 0 Å². The van der Waals surface area contributed by atoms with Gasteiger partial charge in [-0.2, -0.15) is 4.31 Å². The van der Waals surface area contributed by atoms with Crippen molar-refractivity contribution in [1.29, 1.82) is 0 Å². The highest BCUT2D eigenvalue weighted by Gasteiger charge is 2.33. The van der Waals surface area contributed by atoms with Gasteiger partial charge in [0.25, 0.3) is 0 Å². The van der Waals surface area contributed by atoms with Gasteiger partial charge in [0.2, 0.25) is 15.9 Å². The lowest BCUT2D eigenvalue weighted by molar-refractivity contribution is -0.125. The monoisotopic (exact) mass is 368 g/mol. The van der Waals surface area contributed by atoms with Crippen LogP contribution in [0.25, 0.3) is 0 Å². The van der Waals surface area contributed by atoms with Crippen LogP contribution in [-0.2, 0) is 14.8 Å². The highest BCUT2D eigenvalue weighted by molar-refractivity contribution is 7.89. The van der Waals surface area contributed by atoms with Crippen LogP contribution in [-0.4, -0.2) is 52.5 Å². The minimum atomic E-state index is -3.71. The molecule has 138 valence electrons. The van der Waals surface area contributed by atoms with Crippen molar-refractivity contribution in [1.82, 2.24) is 9.62 Å².